The van der Waals surface area contributed by atoms with Crippen LogP contribution in [0.4, 0.5) is 11.4 Å². The number of hydrogen-bond acceptors (Lipinski definition) is 6. The maximum Gasteiger partial charge on any atom is 0.269 e. The minimum atomic E-state index is -0.502. The minimum absolute atomic E-state index is 0.0523. The van der Waals surface area contributed by atoms with Crippen LogP contribution in [-0.2, 0) is 0 Å². The van der Waals surface area contributed by atoms with Gasteiger partial charge in [-0.25, -0.2) is 0 Å². The van der Waals surface area contributed by atoms with Gasteiger partial charge < -0.3 is 0 Å². The Labute approximate surface area is 182 Å². The van der Waals surface area contributed by atoms with E-state index in [0.717, 1.165) is 11.1 Å². The second-order valence-corrected chi connectivity index (χ2v) is 6.61. The van der Waals surface area contributed by atoms with Crippen molar-refractivity contribution in [3.63, 3.8) is 0 Å². The summed E-state index contributed by atoms with van der Waals surface area (Å²) in [5.41, 5.74) is 3.21. The number of nitrogens with zero attached hydrogens (tertiary/aromatic N) is 4. The fourth-order valence-corrected chi connectivity index (χ4v) is 2.91. The number of nitro groups is 2. The molecule has 0 atom stereocenters. The summed E-state index contributed by atoms with van der Waals surface area (Å²) in [6.07, 6.45) is 3.33. The van der Waals surface area contributed by atoms with Crippen molar-refractivity contribution in [3.8, 4) is 12.1 Å². The molecule has 0 fully saturated rings. The molecule has 0 aliphatic heterocycles. The Morgan fingerprint density at radius 3 is 1.19 bits per heavy atom. The third-order valence-electron chi connectivity index (χ3n) is 4.58. The Hall–Kier alpha value is -5.08. The maximum atomic E-state index is 10.8. The van der Waals surface area contributed by atoms with Crippen molar-refractivity contribution in [1.82, 2.24) is 0 Å². The van der Waals surface area contributed by atoms with Crippen LogP contribution >= 0.6 is 0 Å². The Balaban J connectivity index is 1.84. The highest BCUT2D eigenvalue weighted by Gasteiger charge is 2.08. The Morgan fingerprint density at radius 1 is 0.625 bits per heavy atom. The van der Waals surface area contributed by atoms with Gasteiger partial charge in [0.05, 0.1) is 33.1 Å². The molecular weight excluding hydrogens is 408 g/mol. The van der Waals surface area contributed by atoms with Crippen LogP contribution in [0.2, 0.25) is 0 Å². The van der Waals surface area contributed by atoms with Crippen LogP contribution in [0.15, 0.2) is 72.8 Å². The average Bonchev–Trinajstić information content (AvgIpc) is 2.82. The summed E-state index contributed by atoms with van der Waals surface area (Å²) in [4.78, 5) is 20.6. The molecule has 3 aromatic rings. The van der Waals surface area contributed by atoms with Crippen molar-refractivity contribution >= 4 is 34.7 Å². The minimum Gasteiger partial charge on any atom is -0.258 e. The topological polar surface area (TPSA) is 134 Å². The van der Waals surface area contributed by atoms with E-state index in [1.165, 1.54) is 48.5 Å². The molecule has 32 heavy (non-hydrogen) atoms. The van der Waals surface area contributed by atoms with Crippen LogP contribution in [0.5, 0.6) is 0 Å². The zero-order chi connectivity index (χ0) is 23.1. The van der Waals surface area contributed by atoms with E-state index in [1.54, 1.807) is 36.4 Å². The summed E-state index contributed by atoms with van der Waals surface area (Å²) in [6.45, 7) is 0. The van der Waals surface area contributed by atoms with Crippen molar-refractivity contribution in [2.45, 2.75) is 0 Å². The normalized spacial score (nSPS) is 11.3. The third kappa shape index (κ3) is 5.09. The summed E-state index contributed by atoms with van der Waals surface area (Å²) < 4.78 is 0. The van der Waals surface area contributed by atoms with E-state index in [4.69, 9.17) is 0 Å². The Kier molecular flexibility index (Phi) is 6.50. The van der Waals surface area contributed by atoms with E-state index < -0.39 is 9.85 Å². The van der Waals surface area contributed by atoms with Crippen molar-refractivity contribution in [1.29, 1.82) is 10.5 Å². The van der Waals surface area contributed by atoms with Gasteiger partial charge in [-0.15, -0.1) is 0 Å². The van der Waals surface area contributed by atoms with Crippen molar-refractivity contribution in [2.24, 2.45) is 0 Å². The predicted molar refractivity (Wildman–Crippen MR) is 120 cm³/mol. The van der Waals surface area contributed by atoms with Crippen LogP contribution in [0.1, 0.15) is 22.3 Å². The van der Waals surface area contributed by atoms with E-state index in [1.807, 2.05) is 0 Å². The number of rotatable bonds is 6. The fraction of sp³-hybridized carbons (Fsp3) is 0. The Bertz CT molecular complexity index is 1200. The number of non-ortho nitro benzene ring substituents is 2. The molecule has 0 aliphatic carbocycles. The lowest BCUT2D eigenvalue weighted by molar-refractivity contribution is -0.385. The highest BCUT2D eigenvalue weighted by atomic mass is 16.6. The molecule has 3 aromatic carbocycles. The third-order valence-corrected chi connectivity index (χ3v) is 4.58. The van der Waals surface area contributed by atoms with Gasteiger partial charge in [0.1, 0.15) is 0 Å². The number of nitro benzene ring substituents is 2. The molecule has 3 rings (SSSR count). The molecular formula is C24H14N4O4. The fourth-order valence-electron chi connectivity index (χ4n) is 2.91. The molecule has 0 N–H and O–H groups in total. The second-order valence-electron chi connectivity index (χ2n) is 6.61. The monoisotopic (exact) mass is 422 g/mol. The molecule has 8 heteroatoms. The second kappa shape index (κ2) is 9.61. The first-order valence-electron chi connectivity index (χ1n) is 9.24. The Morgan fingerprint density at radius 2 is 0.938 bits per heavy atom. The summed E-state index contributed by atoms with van der Waals surface area (Å²) in [5, 5.41) is 40.5. The quantitative estimate of drug-likeness (QED) is 0.219. The molecule has 154 valence electrons. The smallest absolute Gasteiger partial charge is 0.258 e. The summed E-state index contributed by atoms with van der Waals surface area (Å²) >= 11 is 0. The van der Waals surface area contributed by atoms with E-state index in [-0.39, 0.29) is 11.4 Å². The van der Waals surface area contributed by atoms with Gasteiger partial charge in [0.15, 0.2) is 0 Å². The van der Waals surface area contributed by atoms with Crippen LogP contribution in [0, 0.1) is 42.9 Å². The molecule has 0 unspecified atom stereocenters. The molecule has 0 saturated carbocycles. The number of hydrogen-bond donors (Lipinski definition) is 0. The van der Waals surface area contributed by atoms with Crippen molar-refractivity contribution in [3.05, 3.63) is 115 Å². The first-order valence-corrected chi connectivity index (χ1v) is 9.24. The molecule has 0 bridgehead atoms. The number of nitriles is 2. The molecule has 0 saturated heterocycles. The highest BCUT2D eigenvalue weighted by Crippen LogP contribution is 2.23. The van der Waals surface area contributed by atoms with E-state index in [9.17, 15) is 30.8 Å². The standard InChI is InChI=1S/C24H14N4O4/c25-15-21(19-5-9-23(10-6-19)27(29)30)13-17-1-2-18(4-3-17)14-22(16-26)20-7-11-24(12-8-20)28(31)32/h1-14H/b21-13+,22-14+. The number of allylic oxidation sites excluding steroid dienone is 2. The van der Waals surface area contributed by atoms with Gasteiger partial charge in [0.25, 0.3) is 11.4 Å². The van der Waals surface area contributed by atoms with Crippen LogP contribution in [-0.4, -0.2) is 9.85 Å². The zero-order valence-corrected chi connectivity index (χ0v) is 16.5. The molecule has 0 aliphatic rings. The maximum absolute atomic E-state index is 10.8. The lowest BCUT2D eigenvalue weighted by atomic mass is 10.0. The highest BCUT2D eigenvalue weighted by molar-refractivity contribution is 5.91. The SMILES string of the molecule is N#C/C(=C\c1ccc(/C=C(\C#N)c2ccc([N+](=O)[O-])cc2)cc1)c1ccc([N+](=O)[O-])cc1. The molecule has 0 aromatic heterocycles. The molecule has 0 spiro atoms. The van der Waals surface area contributed by atoms with E-state index in [0.29, 0.717) is 22.3 Å². The van der Waals surface area contributed by atoms with Gasteiger partial charge in [-0.2, -0.15) is 10.5 Å². The van der Waals surface area contributed by atoms with Gasteiger partial charge in [-0.05, 0) is 58.7 Å². The van der Waals surface area contributed by atoms with Gasteiger partial charge in [0, 0.05) is 24.3 Å². The molecule has 8 nitrogen and oxygen atoms in total. The van der Waals surface area contributed by atoms with Crippen molar-refractivity contribution in [2.75, 3.05) is 0 Å². The van der Waals surface area contributed by atoms with Gasteiger partial charge >= 0.3 is 0 Å². The summed E-state index contributed by atoms with van der Waals surface area (Å²) in [5.74, 6) is 0. The molecule has 0 amide bonds. The van der Waals surface area contributed by atoms with Gasteiger partial charge in [-0.3, -0.25) is 20.2 Å². The first-order chi connectivity index (χ1) is 15.4. The largest absolute Gasteiger partial charge is 0.269 e. The van der Waals surface area contributed by atoms with E-state index >= 15 is 0 Å². The lowest BCUT2D eigenvalue weighted by Crippen LogP contribution is -1.89. The summed E-state index contributed by atoms with van der Waals surface area (Å²) in [7, 11) is 0. The first kappa shape index (κ1) is 21.6. The molecule has 0 heterocycles. The van der Waals surface area contributed by atoms with Crippen LogP contribution in [0.3, 0.4) is 0 Å². The molecule has 0 radical (unpaired) electrons. The van der Waals surface area contributed by atoms with Crippen LogP contribution < -0.4 is 0 Å². The van der Waals surface area contributed by atoms with Crippen molar-refractivity contribution < 1.29 is 9.85 Å². The zero-order valence-electron chi connectivity index (χ0n) is 16.5. The lowest BCUT2D eigenvalue weighted by Gasteiger charge is -2.02. The van der Waals surface area contributed by atoms with E-state index in [2.05, 4.69) is 12.1 Å². The number of benzene rings is 3. The predicted octanol–water partition coefficient (Wildman–Crippen LogP) is 5.63. The average molecular weight is 422 g/mol. The summed E-state index contributed by atoms with van der Waals surface area (Å²) in [6, 6.07) is 22.8. The van der Waals surface area contributed by atoms with Gasteiger partial charge in [0.2, 0.25) is 0 Å². The van der Waals surface area contributed by atoms with Gasteiger partial charge in [-0.1, -0.05) is 24.3 Å². The van der Waals surface area contributed by atoms with Crippen LogP contribution in [0.25, 0.3) is 23.3 Å².